The first-order chi connectivity index (χ1) is 8.99. The molecule has 1 aliphatic rings. The highest BCUT2D eigenvalue weighted by Gasteiger charge is 2.30. The molecule has 0 bridgehead atoms. The molecule has 0 aliphatic carbocycles. The van der Waals surface area contributed by atoms with Gasteiger partial charge in [-0.15, -0.1) is 0 Å². The quantitative estimate of drug-likeness (QED) is 0.909. The number of aryl methyl sites for hydroxylation is 1. The summed E-state index contributed by atoms with van der Waals surface area (Å²) in [6, 6.07) is 5.71. The average molecular weight is 263 g/mol. The van der Waals surface area contributed by atoms with Gasteiger partial charge in [0.1, 0.15) is 0 Å². The normalized spacial score (nSPS) is 19.2. The Labute approximate surface area is 111 Å². The van der Waals surface area contributed by atoms with Gasteiger partial charge in [0.25, 0.3) is 0 Å². The number of carbonyl (C=O) groups is 2. The second kappa shape index (κ2) is 5.30. The Morgan fingerprint density at radius 3 is 2.89 bits per heavy atom. The molecule has 1 aromatic rings. The Kier molecular flexibility index (Phi) is 3.74. The van der Waals surface area contributed by atoms with E-state index in [-0.39, 0.29) is 18.9 Å². The molecular formula is C14H17NO4. The summed E-state index contributed by atoms with van der Waals surface area (Å²) in [5.41, 5.74) is 2.89. The number of aliphatic carboxylic acids is 1. The van der Waals surface area contributed by atoms with E-state index in [0.29, 0.717) is 6.54 Å². The number of ether oxygens (including phenoxy) is 1. The first kappa shape index (κ1) is 13.4. The predicted molar refractivity (Wildman–Crippen MR) is 70.4 cm³/mol. The zero-order valence-electron chi connectivity index (χ0n) is 11.0. The molecule has 1 N–H and O–H groups in total. The van der Waals surface area contributed by atoms with E-state index >= 15 is 0 Å². The molecular weight excluding hydrogens is 246 g/mol. The van der Waals surface area contributed by atoms with E-state index in [2.05, 4.69) is 0 Å². The first-order valence-electron chi connectivity index (χ1n) is 6.21. The molecule has 2 rings (SSSR count). The maximum atomic E-state index is 11.8. The monoisotopic (exact) mass is 263 g/mol. The lowest BCUT2D eigenvalue weighted by atomic mass is 10.0. The summed E-state index contributed by atoms with van der Waals surface area (Å²) >= 11 is 0. The molecule has 0 aromatic heterocycles. The Hall–Kier alpha value is -2.04. The average Bonchev–Trinajstić information content (AvgIpc) is 2.35. The van der Waals surface area contributed by atoms with Crippen LogP contribution >= 0.6 is 0 Å². The van der Waals surface area contributed by atoms with Gasteiger partial charge in [0.15, 0.2) is 0 Å². The molecule has 102 valence electrons. The number of anilines is 1. The van der Waals surface area contributed by atoms with Crippen LogP contribution in [0.5, 0.6) is 0 Å². The molecule has 0 saturated carbocycles. The van der Waals surface area contributed by atoms with E-state index in [0.717, 1.165) is 16.8 Å². The summed E-state index contributed by atoms with van der Waals surface area (Å²) < 4.78 is 5.08. The number of amides is 1. The summed E-state index contributed by atoms with van der Waals surface area (Å²) in [5, 5.41) is 8.83. The summed E-state index contributed by atoms with van der Waals surface area (Å²) in [5.74, 6) is -1.04. The van der Waals surface area contributed by atoms with Crippen LogP contribution in [0.1, 0.15) is 17.5 Å². The molecule has 19 heavy (non-hydrogen) atoms. The van der Waals surface area contributed by atoms with Crippen LogP contribution in [-0.2, 0) is 9.53 Å². The first-order valence-corrected chi connectivity index (χ1v) is 6.21. The Bertz CT molecular complexity index is 512. The molecule has 0 radical (unpaired) electrons. The fraction of sp³-hybridized carbons (Fsp3) is 0.429. The van der Waals surface area contributed by atoms with Crippen molar-refractivity contribution < 1.29 is 19.4 Å². The molecule has 5 nitrogen and oxygen atoms in total. The second-order valence-electron chi connectivity index (χ2n) is 4.87. The van der Waals surface area contributed by atoms with Crippen molar-refractivity contribution in [3.05, 3.63) is 29.3 Å². The fourth-order valence-corrected chi connectivity index (χ4v) is 2.25. The van der Waals surface area contributed by atoms with E-state index in [1.54, 1.807) is 0 Å². The van der Waals surface area contributed by atoms with Gasteiger partial charge in [-0.05, 0) is 31.0 Å². The highest BCUT2D eigenvalue weighted by atomic mass is 16.6. The van der Waals surface area contributed by atoms with Crippen molar-refractivity contribution in [1.82, 2.24) is 0 Å². The van der Waals surface area contributed by atoms with E-state index in [1.165, 1.54) is 4.90 Å². The minimum Gasteiger partial charge on any atom is -0.481 e. The van der Waals surface area contributed by atoms with Crippen molar-refractivity contribution in [3.63, 3.8) is 0 Å². The number of carboxylic acids is 1. The van der Waals surface area contributed by atoms with Crippen LogP contribution in [0.2, 0.25) is 0 Å². The van der Waals surface area contributed by atoms with E-state index < -0.39 is 12.1 Å². The van der Waals surface area contributed by atoms with Crippen LogP contribution in [0, 0.1) is 19.8 Å². The maximum Gasteiger partial charge on any atom is 0.414 e. The third-order valence-corrected chi connectivity index (χ3v) is 3.43. The van der Waals surface area contributed by atoms with Crippen molar-refractivity contribution >= 4 is 17.7 Å². The van der Waals surface area contributed by atoms with Gasteiger partial charge in [0.05, 0.1) is 18.7 Å². The minimum absolute atomic E-state index is 0.00857. The van der Waals surface area contributed by atoms with Gasteiger partial charge in [-0.2, -0.15) is 0 Å². The van der Waals surface area contributed by atoms with Crippen molar-refractivity contribution in [2.45, 2.75) is 20.3 Å². The van der Waals surface area contributed by atoms with Crippen LogP contribution in [-0.4, -0.2) is 30.3 Å². The van der Waals surface area contributed by atoms with Crippen LogP contribution in [0.15, 0.2) is 18.2 Å². The molecule has 1 saturated heterocycles. The lowest BCUT2D eigenvalue weighted by Gasteiger charge is -2.32. The van der Waals surface area contributed by atoms with Gasteiger partial charge in [-0.25, -0.2) is 4.79 Å². The Morgan fingerprint density at radius 1 is 1.47 bits per heavy atom. The zero-order chi connectivity index (χ0) is 14.0. The van der Waals surface area contributed by atoms with Crippen LogP contribution < -0.4 is 4.90 Å². The van der Waals surface area contributed by atoms with Crippen molar-refractivity contribution in [2.75, 3.05) is 18.1 Å². The molecule has 1 amide bonds. The third-order valence-electron chi connectivity index (χ3n) is 3.43. The molecule has 1 fully saturated rings. The molecule has 5 heteroatoms. The van der Waals surface area contributed by atoms with Crippen molar-refractivity contribution in [3.8, 4) is 0 Å². The minimum atomic E-state index is -0.871. The van der Waals surface area contributed by atoms with Crippen molar-refractivity contribution in [2.24, 2.45) is 5.92 Å². The van der Waals surface area contributed by atoms with Crippen molar-refractivity contribution in [1.29, 1.82) is 0 Å². The molecule has 1 atom stereocenters. The van der Waals surface area contributed by atoms with Gasteiger partial charge < -0.3 is 9.84 Å². The number of nitrogens with zero attached hydrogens (tertiary/aromatic N) is 1. The molecule has 0 spiro atoms. The topological polar surface area (TPSA) is 66.8 Å². The van der Waals surface area contributed by atoms with E-state index in [4.69, 9.17) is 9.84 Å². The molecule has 1 aliphatic heterocycles. The molecule has 1 aromatic carbocycles. The third kappa shape index (κ3) is 2.86. The van der Waals surface area contributed by atoms with E-state index in [1.807, 2.05) is 32.0 Å². The zero-order valence-corrected chi connectivity index (χ0v) is 11.0. The highest BCUT2D eigenvalue weighted by molar-refractivity contribution is 5.89. The number of rotatable bonds is 3. The van der Waals surface area contributed by atoms with Crippen LogP contribution in [0.25, 0.3) is 0 Å². The van der Waals surface area contributed by atoms with Gasteiger partial charge in [-0.3, -0.25) is 9.69 Å². The smallest absolute Gasteiger partial charge is 0.414 e. The molecule has 1 heterocycles. The number of hydrogen-bond donors (Lipinski definition) is 1. The van der Waals surface area contributed by atoms with Gasteiger partial charge in [0, 0.05) is 12.5 Å². The largest absolute Gasteiger partial charge is 0.481 e. The highest BCUT2D eigenvalue weighted by Crippen LogP contribution is 2.27. The van der Waals surface area contributed by atoms with Gasteiger partial charge in [0.2, 0.25) is 0 Å². The predicted octanol–water partition coefficient (Wildman–Crippen LogP) is 2.35. The Morgan fingerprint density at radius 2 is 2.21 bits per heavy atom. The number of carbonyl (C=O) groups excluding carboxylic acids is 1. The summed E-state index contributed by atoms with van der Waals surface area (Å²) in [7, 11) is 0. The SMILES string of the molecule is Cc1cccc(N2CC(CC(=O)O)COC2=O)c1C. The summed E-state index contributed by atoms with van der Waals surface area (Å²) in [6.45, 7) is 4.48. The standard InChI is InChI=1S/C14H17NO4/c1-9-4-3-5-12(10(9)2)15-7-11(6-13(16)17)8-19-14(15)18/h3-5,11H,6-8H2,1-2H3,(H,16,17). The second-order valence-corrected chi connectivity index (χ2v) is 4.87. The number of benzene rings is 1. The maximum absolute atomic E-state index is 11.8. The number of carboxylic acid groups (broad SMARTS) is 1. The number of cyclic esters (lactones) is 1. The summed E-state index contributed by atoms with van der Waals surface area (Å²) in [6.07, 6.45) is -0.399. The van der Waals surface area contributed by atoms with Crippen LogP contribution in [0.3, 0.4) is 0 Å². The number of hydrogen-bond acceptors (Lipinski definition) is 3. The summed E-state index contributed by atoms with van der Waals surface area (Å²) in [4.78, 5) is 24.1. The Balaban J connectivity index is 2.23. The lowest BCUT2D eigenvalue weighted by Crippen LogP contribution is -2.44. The molecule has 1 unspecified atom stereocenters. The lowest BCUT2D eigenvalue weighted by molar-refractivity contribution is -0.138. The van der Waals surface area contributed by atoms with Gasteiger partial charge >= 0.3 is 12.1 Å². The van der Waals surface area contributed by atoms with E-state index in [9.17, 15) is 9.59 Å². The van der Waals surface area contributed by atoms with Crippen LogP contribution in [0.4, 0.5) is 10.5 Å². The van der Waals surface area contributed by atoms with Gasteiger partial charge in [-0.1, -0.05) is 12.1 Å². The fourth-order valence-electron chi connectivity index (χ4n) is 2.25.